The van der Waals surface area contributed by atoms with Crippen molar-refractivity contribution < 1.29 is 0 Å². The minimum Gasteiger partial charge on any atom is -0.328 e. The van der Waals surface area contributed by atoms with Gasteiger partial charge in [0.25, 0.3) is 0 Å². The summed E-state index contributed by atoms with van der Waals surface area (Å²) in [7, 11) is 0. The number of rotatable bonds is 3. The highest BCUT2D eigenvalue weighted by Crippen LogP contribution is 2.36. The summed E-state index contributed by atoms with van der Waals surface area (Å²) in [6, 6.07) is 8.98. The topological polar surface area (TPSA) is 56.7 Å². The highest BCUT2D eigenvalue weighted by Gasteiger charge is 2.29. The third-order valence-corrected chi connectivity index (χ3v) is 5.75. The van der Waals surface area contributed by atoms with Crippen molar-refractivity contribution in [1.82, 2.24) is 14.8 Å². The molecule has 2 aliphatic rings. The first-order chi connectivity index (χ1) is 11.7. The van der Waals surface area contributed by atoms with Gasteiger partial charge in [0.05, 0.1) is 5.69 Å². The van der Waals surface area contributed by atoms with Crippen molar-refractivity contribution in [2.24, 2.45) is 5.73 Å². The van der Waals surface area contributed by atoms with Crippen LogP contribution in [0.5, 0.6) is 0 Å². The van der Waals surface area contributed by atoms with E-state index in [2.05, 4.69) is 35.9 Å². The lowest BCUT2D eigenvalue weighted by molar-refractivity contribution is 0.380. The fourth-order valence-electron chi connectivity index (χ4n) is 4.29. The van der Waals surface area contributed by atoms with Gasteiger partial charge in [-0.2, -0.15) is 5.10 Å². The maximum Gasteiger partial charge on any atom is 0.154 e. The first-order valence-corrected chi connectivity index (χ1v) is 9.50. The standard InChI is InChI=1S/C20H28N4/c1-14-5-4-8-18(13-14)24-20(16-9-11-17(21)12-10-16)22-19(23-24)15-6-2-3-7-15/h4-5,8,13,15-17H,2-3,6-7,9-12,21H2,1H3. The highest BCUT2D eigenvalue weighted by atomic mass is 15.4. The van der Waals surface area contributed by atoms with Gasteiger partial charge in [-0.1, -0.05) is 25.0 Å². The molecule has 1 aromatic heterocycles. The first kappa shape index (κ1) is 15.8. The Morgan fingerprint density at radius 3 is 2.46 bits per heavy atom. The van der Waals surface area contributed by atoms with Crippen LogP contribution in [0.3, 0.4) is 0 Å². The Bertz CT molecular complexity index is 691. The van der Waals surface area contributed by atoms with E-state index in [0.717, 1.165) is 43.0 Å². The Labute approximate surface area is 144 Å². The Morgan fingerprint density at radius 1 is 1.00 bits per heavy atom. The smallest absolute Gasteiger partial charge is 0.154 e. The predicted octanol–water partition coefficient (Wildman–Crippen LogP) is 4.22. The molecule has 0 unspecified atom stereocenters. The number of hydrogen-bond donors (Lipinski definition) is 1. The van der Waals surface area contributed by atoms with Gasteiger partial charge in [0.1, 0.15) is 5.82 Å². The number of hydrogen-bond acceptors (Lipinski definition) is 3. The zero-order chi connectivity index (χ0) is 16.5. The molecule has 0 radical (unpaired) electrons. The summed E-state index contributed by atoms with van der Waals surface area (Å²) in [5.41, 5.74) is 8.52. The summed E-state index contributed by atoms with van der Waals surface area (Å²) in [5, 5.41) is 4.97. The Balaban J connectivity index is 1.72. The van der Waals surface area contributed by atoms with Crippen molar-refractivity contribution in [2.75, 3.05) is 0 Å². The highest BCUT2D eigenvalue weighted by molar-refractivity contribution is 5.36. The molecule has 4 nitrogen and oxygen atoms in total. The van der Waals surface area contributed by atoms with Crippen molar-refractivity contribution in [2.45, 2.75) is 76.2 Å². The van der Waals surface area contributed by atoms with Gasteiger partial charge in [0.2, 0.25) is 0 Å². The van der Waals surface area contributed by atoms with Crippen molar-refractivity contribution in [1.29, 1.82) is 0 Å². The molecule has 2 aromatic rings. The van der Waals surface area contributed by atoms with E-state index in [1.807, 2.05) is 0 Å². The maximum absolute atomic E-state index is 6.11. The molecular formula is C20H28N4. The van der Waals surface area contributed by atoms with E-state index in [9.17, 15) is 0 Å². The van der Waals surface area contributed by atoms with Crippen LogP contribution in [0, 0.1) is 6.92 Å². The minimum atomic E-state index is 0.367. The molecular weight excluding hydrogens is 296 g/mol. The first-order valence-electron chi connectivity index (χ1n) is 9.50. The van der Waals surface area contributed by atoms with Crippen molar-refractivity contribution >= 4 is 0 Å². The lowest BCUT2D eigenvalue weighted by Gasteiger charge is -2.25. The van der Waals surface area contributed by atoms with Gasteiger partial charge in [0, 0.05) is 17.9 Å². The third kappa shape index (κ3) is 3.12. The van der Waals surface area contributed by atoms with E-state index in [1.165, 1.54) is 31.2 Å². The van der Waals surface area contributed by atoms with Gasteiger partial charge in [-0.25, -0.2) is 9.67 Å². The number of aryl methyl sites for hydroxylation is 1. The molecule has 2 fully saturated rings. The summed E-state index contributed by atoms with van der Waals surface area (Å²) in [6.07, 6.45) is 9.59. The van der Waals surface area contributed by atoms with E-state index in [-0.39, 0.29) is 0 Å². The second-order valence-electron chi connectivity index (χ2n) is 7.67. The zero-order valence-electron chi connectivity index (χ0n) is 14.6. The van der Waals surface area contributed by atoms with Gasteiger partial charge < -0.3 is 5.73 Å². The van der Waals surface area contributed by atoms with Crippen LogP contribution in [0.1, 0.15) is 80.4 Å². The molecule has 0 aliphatic heterocycles. The van der Waals surface area contributed by atoms with Gasteiger partial charge >= 0.3 is 0 Å². The summed E-state index contributed by atoms with van der Waals surface area (Å²) in [4.78, 5) is 5.06. The largest absolute Gasteiger partial charge is 0.328 e. The van der Waals surface area contributed by atoms with Crippen LogP contribution in [0.25, 0.3) is 5.69 Å². The van der Waals surface area contributed by atoms with E-state index < -0.39 is 0 Å². The van der Waals surface area contributed by atoms with Crippen LogP contribution in [0.2, 0.25) is 0 Å². The number of nitrogens with two attached hydrogens (primary N) is 1. The van der Waals surface area contributed by atoms with E-state index in [1.54, 1.807) is 0 Å². The predicted molar refractivity (Wildman–Crippen MR) is 96.5 cm³/mol. The fourth-order valence-corrected chi connectivity index (χ4v) is 4.29. The molecule has 4 rings (SSSR count). The van der Waals surface area contributed by atoms with E-state index >= 15 is 0 Å². The van der Waals surface area contributed by atoms with Gasteiger partial charge in [0.15, 0.2) is 5.82 Å². The summed E-state index contributed by atoms with van der Waals surface area (Å²) in [5.74, 6) is 3.28. The second kappa shape index (κ2) is 6.67. The normalized spacial score (nSPS) is 25.2. The molecule has 2 N–H and O–H groups in total. The lowest BCUT2D eigenvalue weighted by Crippen LogP contribution is -2.26. The van der Waals surface area contributed by atoms with Crippen LogP contribution in [0.4, 0.5) is 0 Å². The molecule has 4 heteroatoms. The lowest BCUT2D eigenvalue weighted by atomic mass is 9.86. The van der Waals surface area contributed by atoms with Crippen LogP contribution in [-0.2, 0) is 0 Å². The quantitative estimate of drug-likeness (QED) is 0.919. The Kier molecular flexibility index (Phi) is 4.40. The molecule has 0 saturated heterocycles. The van der Waals surface area contributed by atoms with Crippen LogP contribution >= 0.6 is 0 Å². The van der Waals surface area contributed by atoms with Gasteiger partial charge in [-0.3, -0.25) is 0 Å². The zero-order valence-corrected chi connectivity index (χ0v) is 14.6. The third-order valence-electron chi connectivity index (χ3n) is 5.75. The summed E-state index contributed by atoms with van der Waals surface area (Å²) >= 11 is 0. The molecule has 128 valence electrons. The molecule has 0 atom stereocenters. The average molecular weight is 324 g/mol. The monoisotopic (exact) mass is 324 g/mol. The molecule has 0 bridgehead atoms. The van der Waals surface area contributed by atoms with Crippen LogP contribution < -0.4 is 5.73 Å². The maximum atomic E-state index is 6.11. The number of nitrogens with zero attached hydrogens (tertiary/aromatic N) is 3. The van der Waals surface area contributed by atoms with Crippen molar-refractivity contribution in [3.8, 4) is 5.69 Å². The molecule has 1 aromatic carbocycles. The molecule has 24 heavy (non-hydrogen) atoms. The van der Waals surface area contributed by atoms with Crippen LogP contribution in [-0.4, -0.2) is 20.8 Å². The number of benzene rings is 1. The minimum absolute atomic E-state index is 0.367. The van der Waals surface area contributed by atoms with Crippen LogP contribution in [0.15, 0.2) is 24.3 Å². The van der Waals surface area contributed by atoms with E-state index in [0.29, 0.717) is 17.9 Å². The Morgan fingerprint density at radius 2 is 1.75 bits per heavy atom. The average Bonchev–Trinajstić information content (AvgIpc) is 3.25. The number of aromatic nitrogens is 3. The molecule has 0 spiro atoms. The van der Waals surface area contributed by atoms with Gasteiger partial charge in [-0.05, 0) is 63.1 Å². The van der Waals surface area contributed by atoms with Crippen molar-refractivity contribution in [3.05, 3.63) is 41.5 Å². The SMILES string of the molecule is Cc1cccc(-n2nc(C3CCCC3)nc2C2CCC(N)CC2)c1. The van der Waals surface area contributed by atoms with Crippen molar-refractivity contribution in [3.63, 3.8) is 0 Å². The Hall–Kier alpha value is -1.68. The molecule has 0 amide bonds. The summed E-state index contributed by atoms with van der Waals surface area (Å²) in [6.45, 7) is 2.14. The second-order valence-corrected chi connectivity index (χ2v) is 7.67. The summed E-state index contributed by atoms with van der Waals surface area (Å²) < 4.78 is 2.13. The van der Waals surface area contributed by atoms with Gasteiger partial charge in [-0.15, -0.1) is 0 Å². The molecule has 2 aliphatic carbocycles. The van der Waals surface area contributed by atoms with E-state index in [4.69, 9.17) is 15.8 Å². The molecule has 1 heterocycles. The molecule has 2 saturated carbocycles. The fraction of sp³-hybridized carbons (Fsp3) is 0.600.